The summed E-state index contributed by atoms with van der Waals surface area (Å²) in [4.78, 5) is 14.1. The zero-order valence-electron chi connectivity index (χ0n) is 16.5. The van der Waals surface area contributed by atoms with E-state index in [9.17, 15) is 13.2 Å². The molecule has 2 rings (SSSR count). The fourth-order valence-electron chi connectivity index (χ4n) is 2.61. The smallest absolute Gasteiger partial charge is 0.246 e. The molecule has 2 aromatic rings. The van der Waals surface area contributed by atoms with Crippen molar-refractivity contribution in [1.82, 2.24) is 4.90 Å². The van der Waals surface area contributed by atoms with Gasteiger partial charge in [0.1, 0.15) is 5.75 Å². The van der Waals surface area contributed by atoms with Gasteiger partial charge in [0.15, 0.2) is 0 Å². The summed E-state index contributed by atoms with van der Waals surface area (Å²) in [6.07, 6.45) is 3.27. The number of carbonyl (C=O) groups is 1. The first kappa shape index (κ1) is 21.7. The summed E-state index contributed by atoms with van der Waals surface area (Å²) in [5, 5.41) is 5.19. The SMILES string of the molecule is CC(C)Oc1cccc(/C=C/C(=O)N(C)C(C)c2cccc(S(N)(=O)=O)c2)c1. The van der Waals surface area contributed by atoms with Gasteiger partial charge in [-0.15, -0.1) is 0 Å². The number of likely N-dealkylation sites (N-methyl/N-ethyl adjacent to an activating group) is 1. The van der Waals surface area contributed by atoms with E-state index >= 15 is 0 Å². The molecule has 0 saturated heterocycles. The number of nitrogens with zero attached hydrogens (tertiary/aromatic N) is 1. The van der Waals surface area contributed by atoms with Crippen LogP contribution in [-0.4, -0.2) is 32.4 Å². The lowest BCUT2D eigenvalue weighted by atomic mass is 10.1. The lowest BCUT2D eigenvalue weighted by molar-refractivity contribution is -0.126. The van der Waals surface area contributed by atoms with Crippen molar-refractivity contribution in [3.8, 4) is 5.75 Å². The normalized spacial score (nSPS) is 12.9. The van der Waals surface area contributed by atoms with Crippen LogP contribution in [0.15, 0.2) is 59.5 Å². The van der Waals surface area contributed by atoms with Gasteiger partial charge in [0, 0.05) is 13.1 Å². The molecule has 7 heteroatoms. The van der Waals surface area contributed by atoms with Crippen LogP contribution in [0.25, 0.3) is 6.08 Å². The molecule has 0 saturated carbocycles. The maximum Gasteiger partial charge on any atom is 0.246 e. The molecular formula is C21H26N2O4S. The quantitative estimate of drug-likeness (QED) is 0.719. The highest BCUT2D eigenvalue weighted by molar-refractivity contribution is 7.89. The zero-order valence-corrected chi connectivity index (χ0v) is 17.3. The number of primary sulfonamides is 1. The van der Waals surface area contributed by atoms with E-state index in [0.717, 1.165) is 11.3 Å². The lowest BCUT2D eigenvalue weighted by Gasteiger charge is -2.24. The summed E-state index contributed by atoms with van der Waals surface area (Å²) >= 11 is 0. The van der Waals surface area contributed by atoms with Crippen molar-refractivity contribution in [2.75, 3.05) is 7.05 Å². The predicted molar refractivity (Wildman–Crippen MR) is 110 cm³/mol. The fourth-order valence-corrected chi connectivity index (χ4v) is 3.18. The van der Waals surface area contributed by atoms with E-state index in [4.69, 9.17) is 9.88 Å². The van der Waals surface area contributed by atoms with E-state index in [1.54, 1.807) is 25.3 Å². The van der Waals surface area contributed by atoms with Gasteiger partial charge in [-0.1, -0.05) is 24.3 Å². The van der Waals surface area contributed by atoms with Gasteiger partial charge in [0.05, 0.1) is 17.0 Å². The standard InChI is InChI=1S/C21H26N2O4S/c1-15(2)27-19-9-5-7-17(13-19)11-12-21(24)23(4)16(3)18-8-6-10-20(14-18)28(22,25)26/h5-16H,1-4H3,(H2,22,25,26)/b12-11+. The van der Waals surface area contributed by atoms with Crippen molar-refractivity contribution in [2.45, 2.75) is 37.8 Å². The number of hydrogen-bond donors (Lipinski definition) is 1. The van der Waals surface area contributed by atoms with E-state index in [2.05, 4.69) is 0 Å². The molecule has 0 aliphatic rings. The molecule has 0 bridgehead atoms. The van der Waals surface area contributed by atoms with Crippen LogP contribution < -0.4 is 9.88 Å². The maximum atomic E-state index is 12.5. The van der Waals surface area contributed by atoms with Gasteiger partial charge >= 0.3 is 0 Å². The molecule has 2 N–H and O–H groups in total. The van der Waals surface area contributed by atoms with Gasteiger partial charge in [-0.25, -0.2) is 13.6 Å². The number of sulfonamides is 1. The highest BCUT2D eigenvalue weighted by Gasteiger charge is 2.17. The third kappa shape index (κ3) is 5.94. The van der Waals surface area contributed by atoms with Crippen LogP contribution in [0.3, 0.4) is 0 Å². The molecule has 0 aliphatic carbocycles. The molecule has 6 nitrogen and oxygen atoms in total. The Morgan fingerprint density at radius 3 is 2.43 bits per heavy atom. The van der Waals surface area contributed by atoms with Crippen molar-refractivity contribution in [2.24, 2.45) is 5.14 Å². The Hall–Kier alpha value is -2.64. The minimum atomic E-state index is -3.79. The average Bonchev–Trinajstić information content (AvgIpc) is 2.64. The number of nitrogens with two attached hydrogens (primary N) is 1. The summed E-state index contributed by atoms with van der Waals surface area (Å²) < 4.78 is 28.7. The van der Waals surface area contributed by atoms with Crippen molar-refractivity contribution in [1.29, 1.82) is 0 Å². The Bertz CT molecular complexity index is 968. The number of rotatable bonds is 7. The molecule has 0 heterocycles. The summed E-state index contributed by atoms with van der Waals surface area (Å²) in [7, 11) is -2.13. The van der Waals surface area contributed by atoms with Crippen LogP contribution in [-0.2, 0) is 14.8 Å². The summed E-state index contributed by atoms with van der Waals surface area (Å²) in [5.41, 5.74) is 1.53. The number of hydrogen-bond acceptors (Lipinski definition) is 4. The van der Waals surface area contributed by atoms with E-state index in [1.165, 1.54) is 23.1 Å². The number of benzene rings is 2. The number of carbonyl (C=O) groups excluding carboxylic acids is 1. The van der Waals surface area contributed by atoms with Crippen LogP contribution >= 0.6 is 0 Å². The number of amides is 1. The molecule has 2 aromatic carbocycles. The first-order valence-electron chi connectivity index (χ1n) is 8.92. The minimum absolute atomic E-state index is 0.0233. The second-order valence-electron chi connectivity index (χ2n) is 6.82. The minimum Gasteiger partial charge on any atom is -0.491 e. The summed E-state index contributed by atoms with van der Waals surface area (Å²) in [6.45, 7) is 5.73. The predicted octanol–water partition coefficient (Wildman–Crippen LogP) is 3.35. The van der Waals surface area contributed by atoms with E-state index < -0.39 is 10.0 Å². The van der Waals surface area contributed by atoms with E-state index in [0.29, 0.717) is 5.56 Å². The molecule has 28 heavy (non-hydrogen) atoms. The molecule has 0 spiro atoms. The highest BCUT2D eigenvalue weighted by atomic mass is 32.2. The molecule has 0 aromatic heterocycles. The zero-order chi connectivity index (χ0) is 20.9. The molecule has 1 amide bonds. The van der Waals surface area contributed by atoms with Crippen molar-refractivity contribution in [3.63, 3.8) is 0 Å². The molecule has 150 valence electrons. The van der Waals surface area contributed by atoms with Crippen LogP contribution in [0.4, 0.5) is 0 Å². The van der Waals surface area contributed by atoms with Crippen molar-refractivity contribution in [3.05, 3.63) is 65.7 Å². The topological polar surface area (TPSA) is 89.7 Å². The molecule has 1 atom stereocenters. The van der Waals surface area contributed by atoms with Crippen LogP contribution in [0.2, 0.25) is 0 Å². The second kappa shape index (κ2) is 9.03. The van der Waals surface area contributed by atoms with E-state index in [-0.39, 0.29) is 22.9 Å². The van der Waals surface area contributed by atoms with Gasteiger partial charge in [-0.2, -0.15) is 0 Å². The van der Waals surface area contributed by atoms with Crippen LogP contribution in [0.5, 0.6) is 5.75 Å². The second-order valence-corrected chi connectivity index (χ2v) is 8.38. The lowest BCUT2D eigenvalue weighted by Crippen LogP contribution is -2.28. The molecule has 0 radical (unpaired) electrons. The highest BCUT2D eigenvalue weighted by Crippen LogP contribution is 2.22. The van der Waals surface area contributed by atoms with Crippen LogP contribution in [0, 0.1) is 0 Å². The van der Waals surface area contributed by atoms with Gasteiger partial charge < -0.3 is 9.64 Å². The first-order valence-corrected chi connectivity index (χ1v) is 10.5. The molecular weight excluding hydrogens is 376 g/mol. The molecule has 1 unspecified atom stereocenters. The van der Waals surface area contributed by atoms with Gasteiger partial charge in [0.2, 0.25) is 15.9 Å². The Balaban J connectivity index is 2.13. The fraction of sp³-hybridized carbons (Fsp3) is 0.286. The maximum absolute atomic E-state index is 12.5. The van der Waals surface area contributed by atoms with E-state index in [1.807, 2.05) is 45.0 Å². The largest absolute Gasteiger partial charge is 0.491 e. The molecule has 0 aliphatic heterocycles. The third-order valence-electron chi connectivity index (χ3n) is 4.25. The van der Waals surface area contributed by atoms with Crippen molar-refractivity contribution >= 4 is 22.0 Å². The van der Waals surface area contributed by atoms with Crippen LogP contribution in [0.1, 0.15) is 37.9 Å². The monoisotopic (exact) mass is 402 g/mol. The average molecular weight is 403 g/mol. The van der Waals surface area contributed by atoms with Crippen molar-refractivity contribution < 1.29 is 17.9 Å². The van der Waals surface area contributed by atoms with Gasteiger partial charge in [-0.05, 0) is 62.2 Å². The Kier molecular flexibility index (Phi) is 6.99. The van der Waals surface area contributed by atoms with Gasteiger partial charge in [0.25, 0.3) is 0 Å². The Morgan fingerprint density at radius 1 is 1.11 bits per heavy atom. The third-order valence-corrected chi connectivity index (χ3v) is 5.16. The number of ether oxygens (including phenoxy) is 1. The summed E-state index contributed by atoms with van der Waals surface area (Å²) in [6, 6.07) is 13.5. The first-order chi connectivity index (χ1) is 13.1. The van der Waals surface area contributed by atoms with Gasteiger partial charge in [-0.3, -0.25) is 4.79 Å². The Labute approximate surface area is 166 Å². The summed E-state index contributed by atoms with van der Waals surface area (Å²) in [5.74, 6) is 0.537. The Morgan fingerprint density at radius 2 is 1.79 bits per heavy atom. The molecule has 0 fully saturated rings.